The maximum Gasteiger partial charge on any atom is 0.229 e. The summed E-state index contributed by atoms with van der Waals surface area (Å²) in [6.07, 6.45) is 4.46. The predicted molar refractivity (Wildman–Crippen MR) is 188 cm³/mol. The minimum atomic E-state index is 0.763. The number of pyridine rings is 3. The lowest BCUT2D eigenvalue weighted by molar-refractivity contribution is -0.683. The van der Waals surface area contributed by atoms with E-state index in [-0.39, 0.29) is 0 Å². The predicted octanol–water partition coefficient (Wildman–Crippen LogP) is 8.32. The Morgan fingerprint density at radius 3 is 1.85 bits per heavy atom. The molecule has 222 valence electrons. The second kappa shape index (κ2) is 11.1. The van der Waals surface area contributed by atoms with Gasteiger partial charge in [-0.25, -0.2) is 0 Å². The highest BCUT2D eigenvalue weighted by molar-refractivity contribution is 5.95. The van der Waals surface area contributed by atoms with Crippen LogP contribution < -0.4 is 13.7 Å². The number of aromatic nitrogens is 3. The topological polar surface area (TPSA) is 11.6 Å². The molecule has 0 bridgehead atoms. The molecule has 3 heteroatoms. The fraction of sp³-hybridized carbons (Fsp3) is 0.0682. The zero-order valence-corrected chi connectivity index (χ0v) is 26.3. The van der Waals surface area contributed by atoms with Gasteiger partial charge in [-0.2, -0.15) is 13.7 Å². The zero-order chi connectivity index (χ0) is 31.3. The van der Waals surface area contributed by atoms with Crippen molar-refractivity contribution < 1.29 is 13.7 Å². The van der Waals surface area contributed by atoms with Crippen molar-refractivity contribution in [2.75, 3.05) is 0 Å². The van der Waals surface area contributed by atoms with Gasteiger partial charge in [0.1, 0.15) is 0 Å². The van der Waals surface area contributed by atoms with Crippen LogP contribution in [0.2, 0.25) is 0 Å². The Hall–Kier alpha value is -5.93. The van der Waals surface area contributed by atoms with Crippen molar-refractivity contribution in [2.45, 2.75) is 20.0 Å². The van der Waals surface area contributed by atoms with E-state index in [4.69, 9.17) is 0 Å². The summed E-state index contributed by atoms with van der Waals surface area (Å²) in [7, 11) is 0. The maximum atomic E-state index is 2.53. The highest BCUT2D eigenvalue weighted by atomic mass is 15.0. The lowest BCUT2D eigenvalue weighted by Crippen LogP contribution is -2.45. The minimum absolute atomic E-state index is 0.763. The molecule has 5 heterocycles. The molecule has 0 atom stereocenters. The lowest BCUT2D eigenvalue weighted by Gasteiger charge is -2.21. The molecule has 0 unspecified atom stereocenters. The van der Waals surface area contributed by atoms with Crippen LogP contribution in [-0.2, 0) is 13.1 Å². The van der Waals surface area contributed by atoms with E-state index in [1.54, 1.807) is 0 Å². The summed E-state index contributed by atoms with van der Waals surface area (Å²) in [5.74, 6) is 0. The Kier molecular flexibility index (Phi) is 6.50. The summed E-state index contributed by atoms with van der Waals surface area (Å²) >= 11 is 0. The Morgan fingerprint density at radius 1 is 0.426 bits per heavy atom. The van der Waals surface area contributed by atoms with Crippen LogP contribution in [0.25, 0.3) is 56.2 Å². The van der Waals surface area contributed by atoms with Gasteiger partial charge in [0, 0.05) is 53.9 Å². The number of hydrogen-bond donors (Lipinski definition) is 0. The standard InChI is InChI=1S/C44H34N3/c1-31-34(32-15-3-2-4-16-32)25-26-43-38-21-9-10-22-39(38)44(40-30-45-27-13-11-23-41(45)37-20-8-7-19-36(37)40)46-28-14-12-24-42(46)35-18-6-5-17-33(35)29-47(31)43/h2-28H,29-30H2,1H3/q+3/b44-40+. The van der Waals surface area contributed by atoms with Gasteiger partial charge in [-0.05, 0) is 48.0 Å². The first-order valence-corrected chi connectivity index (χ1v) is 16.4. The van der Waals surface area contributed by atoms with Gasteiger partial charge in [-0.1, -0.05) is 78.9 Å². The third kappa shape index (κ3) is 4.46. The average Bonchev–Trinajstić information content (AvgIpc) is 3.13. The van der Waals surface area contributed by atoms with Gasteiger partial charge in [-0.3, -0.25) is 0 Å². The fourth-order valence-corrected chi connectivity index (χ4v) is 7.63. The van der Waals surface area contributed by atoms with Gasteiger partial charge in [0.15, 0.2) is 31.2 Å². The summed E-state index contributed by atoms with van der Waals surface area (Å²) < 4.78 is 7.36. The highest BCUT2D eigenvalue weighted by Gasteiger charge is 2.37. The smallest absolute Gasteiger partial charge is 0.194 e. The first-order chi connectivity index (χ1) is 23.3. The van der Waals surface area contributed by atoms with E-state index >= 15 is 0 Å². The number of allylic oxidation sites excluding steroid dienone is 1. The number of rotatable bonds is 1. The van der Waals surface area contributed by atoms with E-state index < -0.39 is 0 Å². The summed E-state index contributed by atoms with van der Waals surface area (Å²) in [4.78, 5) is 0. The van der Waals surface area contributed by atoms with E-state index in [1.165, 1.54) is 78.6 Å². The third-order valence-corrected chi connectivity index (χ3v) is 9.84. The molecule has 0 saturated carbocycles. The molecule has 9 rings (SSSR count). The van der Waals surface area contributed by atoms with Crippen molar-refractivity contribution in [2.24, 2.45) is 0 Å². The maximum absolute atomic E-state index is 2.53. The summed E-state index contributed by atoms with van der Waals surface area (Å²) in [6.45, 7) is 3.81. The molecule has 0 aliphatic carbocycles. The Bertz CT molecular complexity index is 2370. The Labute approximate surface area is 275 Å². The molecular formula is C44H34N3+3. The Morgan fingerprint density at radius 2 is 1.04 bits per heavy atom. The third-order valence-electron chi connectivity index (χ3n) is 9.84. The number of hydrogen-bond acceptors (Lipinski definition) is 0. The highest BCUT2D eigenvalue weighted by Crippen LogP contribution is 2.39. The number of fused-ring (bicyclic) bond motifs is 9. The van der Waals surface area contributed by atoms with Crippen LogP contribution in [0.4, 0.5) is 0 Å². The monoisotopic (exact) mass is 604 g/mol. The fourth-order valence-electron chi connectivity index (χ4n) is 7.63. The molecule has 0 spiro atoms. The molecule has 47 heavy (non-hydrogen) atoms. The van der Waals surface area contributed by atoms with Gasteiger partial charge in [0.2, 0.25) is 22.8 Å². The molecule has 2 aliphatic rings. The molecule has 0 fully saturated rings. The van der Waals surface area contributed by atoms with Crippen molar-refractivity contribution in [3.05, 3.63) is 186 Å². The SMILES string of the molecule is Cc1c(-c2ccccc2)ccc2[n+]1Cc1ccccc1-c1cccc[n+]1/C(=C1\C[n+]3ccccc3-c3ccccc31)c1ccccc1-2. The normalized spacial score (nSPS) is 14.5. The number of nitrogens with zero attached hydrogens (tertiary/aromatic N) is 3. The van der Waals surface area contributed by atoms with E-state index in [1.807, 2.05) is 0 Å². The molecule has 3 nitrogen and oxygen atoms in total. The van der Waals surface area contributed by atoms with E-state index in [9.17, 15) is 0 Å². The second-order valence-electron chi connectivity index (χ2n) is 12.4. The Balaban J connectivity index is 1.43. The molecular weight excluding hydrogens is 571 g/mol. The van der Waals surface area contributed by atoms with Crippen LogP contribution in [0.3, 0.4) is 0 Å². The van der Waals surface area contributed by atoms with E-state index in [2.05, 4.69) is 185 Å². The number of benzene rings is 4. The van der Waals surface area contributed by atoms with Gasteiger partial charge in [0.25, 0.3) is 0 Å². The molecule has 0 saturated heterocycles. The quantitative estimate of drug-likeness (QED) is 0.167. The van der Waals surface area contributed by atoms with E-state index in [0.717, 1.165) is 13.1 Å². The summed E-state index contributed by atoms with van der Waals surface area (Å²) in [6, 6.07) is 55.3. The molecule has 2 aliphatic heterocycles. The molecule has 7 aromatic rings. The second-order valence-corrected chi connectivity index (χ2v) is 12.4. The minimum Gasteiger partial charge on any atom is -0.194 e. The first kappa shape index (κ1) is 27.4. The zero-order valence-electron chi connectivity index (χ0n) is 26.3. The van der Waals surface area contributed by atoms with Gasteiger partial charge < -0.3 is 0 Å². The van der Waals surface area contributed by atoms with Gasteiger partial charge in [0.05, 0.1) is 27.8 Å². The van der Waals surface area contributed by atoms with Crippen LogP contribution in [0.5, 0.6) is 0 Å². The van der Waals surface area contributed by atoms with E-state index in [0.29, 0.717) is 0 Å². The molecule has 0 amide bonds. The molecule has 3 aromatic heterocycles. The molecule has 4 aromatic carbocycles. The van der Waals surface area contributed by atoms with Gasteiger partial charge >= 0.3 is 0 Å². The molecule has 0 radical (unpaired) electrons. The average molecular weight is 605 g/mol. The largest absolute Gasteiger partial charge is 0.229 e. The summed E-state index contributed by atoms with van der Waals surface area (Å²) in [5.41, 5.74) is 17.4. The van der Waals surface area contributed by atoms with Crippen LogP contribution in [-0.4, -0.2) is 0 Å². The lowest BCUT2D eigenvalue weighted by atomic mass is 9.87. The van der Waals surface area contributed by atoms with Crippen LogP contribution in [0.15, 0.2) is 164 Å². The van der Waals surface area contributed by atoms with Crippen LogP contribution >= 0.6 is 0 Å². The van der Waals surface area contributed by atoms with Crippen LogP contribution in [0, 0.1) is 6.92 Å². The van der Waals surface area contributed by atoms with Gasteiger partial charge in [-0.15, -0.1) is 0 Å². The van der Waals surface area contributed by atoms with Crippen LogP contribution in [0.1, 0.15) is 22.4 Å². The van der Waals surface area contributed by atoms with Crippen molar-refractivity contribution in [3.63, 3.8) is 0 Å². The van der Waals surface area contributed by atoms with Crippen molar-refractivity contribution in [3.8, 4) is 44.9 Å². The van der Waals surface area contributed by atoms with Crippen molar-refractivity contribution >= 4 is 11.3 Å². The first-order valence-electron chi connectivity index (χ1n) is 16.4. The van der Waals surface area contributed by atoms with Crippen molar-refractivity contribution in [1.82, 2.24) is 0 Å². The van der Waals surface area contributed by atoms with Crippen molar-refractivity contribution in [1.29, 1.82) is 0 Å². The molecule has 0 N–H and O–H groups in total. The summed E-state index contributed by atoms with van der Waals surface area (Å²) in [5, 5.41) is 0.